The molecule has 2 aromatic heterocycles. The van der Waals surface area contributed by atoms with Crippen LogP contribution < -0.4 is 25.4 Å². The first kappa shape index (κ1) is 38.1. The highest BCUT2D eigenvalue weighted by atomic mass is 35.5. The minimum atomic E-state index is 0. The van der Waals surface area contributed by atoms with Crippen molar-refractivity contribution in [3.63, 3.8) is 0 Å². The molecule has 0 spiro atoms. The highest BCUT2D eigenvalue weighted by Crippen LogP contribution is 2.34. The number of piperidine rings is 2. The Hall–Kier alpha value is -2.05. The highest BCUT2D eigenvalue weighted by molar-refractivity contribution is 6.33. The number of halogens is 5. The van der Waals surface area contributed by atoms with Crippen LogP contribution in [0, 0.1) is 0 Å². The van der Waals surface area contributed by atoms with E-state index in [0.29, 0.717) is 41.4 Å². The van der Waals surface area contributed by atoms with E-state index in [1.54, 1.807) is 12.4 Å². The number of ether oxygens (including phenoxy) is 2. The van der Waals surface area contributed by atoms with E-state index in [-0.39, 0.29) is 30.1 Å². The number of aromatic nitrogens is 4. The number of rotatable bonds is 10. The van der Waals surface area contributed by atoms with Gasteiger partial charge in [-0.1, -0.05) is 11.6 Å². The van der Waals surface area contributed by atoms with Crippen molar-refractivity contribution in [2.45, 2.75) is 58.2 Å². The minimum Gasteiger partial charge on any atom is -0.494 e. The lowest BCUT2D eigenvalue weighted by molar-refractivity contribution is 0.210. The predicted octanol–water partition coefficient (Wildman–Crippen LogP) is 6.79. The van der Waals surface area contributed by atoms with Gasteiger partial charge in [0, 0.05) is 50.2 Å². The van der Waals surface area contributed by atoms with Crippen molar-refractivity contribution in [1.82, 2.24) is 30.2 Å². The molecule has 15 heteroatoms. The van der Waals surface area contributed by atoms with E-state index < -0.39 is 0 Å². The Labute approximate surface area is 287 Å². The van der Waals surface area contributed by atoms with Crippen LogP contribution in [0.2, 0.25) is 15.6 Å². The van der Waals surface area contributed by atoms with Gasteiger partial charge in [0.1, 0.15) is 23.1 Å². The van der Waals surface area contributed by atoms with E-state index in [0.717, 1.165) is 81.4 Å². The fraction of sp³-hybridized carbons (Fsp3) is 0.517. The van der Waals surface area contributed by atoms with Crippen LogP contribution in [0.4, 0.5) is 11.6 Å². The molecule has 44 heavy (non-hydrogen) atoms. The van der Waals surface area contributed by atoms with Crippen LogP contribution in [-0.4, -0.2) is 76.3 Å². The second-order valence-corrected chi connectivity index (χ2v) is 11.1. The van der Waals surface area contributed by atoms with Crippen molar-refractivity contribution in [3.05, 3.63) is 57.8 Å². The van der Waals surface area contributed by atoms with E-state index in [4.69, 9.17) is 44.3 Å². The summed E-state index contributed by atoms with van der Waals surface area (Å²) in [6, 6.07) is 8.43. The third-order valence-electron chi connectivity index (χ3n) is 6.98. The molecule has 2 aliphatic heterocycles. The van der Waals surface area contributed by atoms with Gasteiger partial charge in [0.25, 0.3) is 0 Å². The molecule has 2 saturated heterocycles. The van der Waals surface area contributed by atoms with Gasteiger partial charge >= 0.3 is 0 Å². The number of anilines is 2. The average molecular weight is 711 g/mol. The largest absolute Gasteiger partial charge is 0.494 e. The molecule has 2 fully saturated rings. The first-order valence-electron chi connectivity index (χ1n) is 14.4. The van der Waals surface area contributed by atoms with Gasteiger partial charge in [-0.3, -0.25) is 4.90 Å². The number of hydrogen-bond donors (Lipinski definition) is 3. The van der Waals surface area contributed by atoms with Crippen LogP contribution >= 0.6 is 59.6 Å². The summed E-state index contributed by atoms with van der Waals surface area (Å²) in [4.78, 5) is 18.4. The number of nitrogens with one attached hydrogen (secondary N) is 3. The van der Waals surface area contributed by atoms with Crippen molar-refractivity contribution in [3.8, 4) is 11.5 Å². The second-order valence-electron chi connectivity index (χ2n) is 10.0. The third kappa shape index (κ3) is 12.4. The van der Waals surface area contributed by atoms with Gasteiger partial charge in [0.05, 0.1) is 18.2 Å². The van der Waals surface area contributed by atoms with E-state index in [9.17, 15) is 0 Å². The van der Waals surface area contributed by atoms with Gasteiger partial charge in [0.2, 0.25) is 10.6 Å². The lowest BCUT2D eigenvalue weighted by Gasteiger charge is -2.33. The zero-order valence-electron chi connectivity index (χ0n) is 24.9. The van der Waals surface area contributed by atoms with Gasteiger partial charge in [-0.25, -0.2) is 19.9 Å². The fourth-order valence-corrected chi connectivity index (χ4v) is 5.46. The zero-order valence-corrected chi connectivity index (χ0v) is 28.8. The van der Waals surface area contributed by atoms with E-state index >= 15 is 0 Å². The Bertz CT molecular complexity index is 1260. The standard InChI is InChI=1S/C20H26Cl2N4O2.C9H13ClN4.2ClH/c1-3-27-16-11-14(19(21)17(12-16)28-4-2)13-26-9-6-15(7-10-26)24-18-5-8-23-20(22)25-18;10-9-12-6-3-8(14-9)13-7-1-4-11-5-2-7;;/h5,8,11-12,15H,3-4,6-7,9-10,13H2,1-2H3,(H,23,24,25);3,6-7,11H,1-2,4-5H2,(H,12,13,14);2*1H. The molecule has 1 aromatic carbocycles. The first-order valence-corrected chi connectivity index (χ1v) is 15.6. The monoisotopic (exact) mass is 708 g/mol. The van der Waals surface area contributed by atoms with Gasteiger partial charge < -0.3 is 25.4 Å². The molecule has 0 amide bonds. The molecule has 0 atom stereocenters. The molecule has 3 aromatic rings. The van der Waals surface area contributed by atoms with E-state index in [2.05, 4.69) is 40.8 Å². The predicted molar refractivity (Wildman–Crippen MR) is 184 cm³/mol. The summed E-state index contributed by atoms with van der Waals surface area (Å²) in [5.74, 6) is 3.06. The molecular weight excluding hydrogens is 670 g/mol. The van der Waals surface area contributed by atoms with Crippen molar-refractivity contribution < 1.29 is 9.47 Å². The normalized spacial score (nSPS) is 15.6. The average Bonchev–Trinajstić information content (AvgIpc) is 2.98. The summed E-state index contributed by atoms with van der Waals surface area (Å²) in [6.45, 7) is 9.93. The van der Waals surface area contributed by atoms with Gasteiger partial charge in [-0.2, -0.15) is 0 Å². The number of benzene rings is 1. The molecular formula is C29H41Cl5N8O2. The number of nitrogens with zero attached hydrogens (tertiary/aromatic N) is 5. The van der Waals surface area contributed by atoms with Crippen LogP contribution in [0.25, 0.3) is 0 Å². The molecule has 0 unspecified atom stereocenters. The van der Waals surface area contributed by atoms with E-state index in [1.807, 2.05) is 38.1 Å². The van der Waals surface area contributed by atoms with Crippen LogP contribution in [0.1, 0.15) is 45.1 Å². The molecule has 3 N–H and O–H groups in total. The molecule has 0 radical (unpaired) electrons. The number of hydrogen-bond acceptors (Lipinski definition) is 10. The summed E-state index contributed by atoms with van der Waals surface area (Å²) < 4.78 is 11.4. The summed E-state index contributed by atoms with van der Waals surface area (Å²) in [5, 5.41) is 11.3. The topological polar surface area (TPSA) is 109 Å². The maximum atomic E-state index is 6.58. The van der Waals surface area contributed by atoms with Crippen LogP contribution in [0.15, 0.2) is 36.7 Å². The summed E-state index contributed by atoms with van der Waals surface area (Å²) in [6.07, 6.45) is 7.61. The smallest absolute Gasteiger partial charge is 0.224 e. The van der Waals surface area contributed by atoms with Crippen molar-refractivity contribution in [2.24, 2.45) is 0 Å². The lowest BCUT2D eigenvalue weighted by atomic mass is 10.0. The van der Waals surface area contributed by atoms with Crippen molar-refractivity contribution >= 4 is 71.3 Å². The maximum absolute atomic E-state index is 6.58. The molecule has 5 rings (SSSR count). The maximum Gasteiger partial charge on any atom is 0.224 e. The van der Waals surface area contributed by atoms with Gasteiger partial charge in [-0.15, -0.1) is 24.8 Å². The molecule has 0 bridgehead atoms. The summed E-state index contributed by atoms with van der Waals surface area (Å²) >= 11 is 18.1. The third-order valence-corrected chi connectivity index (χ3v) is 7.77. The van der Waals surface area contributed by atoms with E-state index in [1.165, 1.54) is 0 Å². The Morgan fingerprint density at radius 2 is 1.36 bits per heavy atom. The minimum absolute atomic E-state index is 0. The first-order chi connectivity index (χ1) is 20.4. The van der Waals surface area contributed by atoms with Crippen LogP contribution in [0.5, 0.6) is 11.5 Å². The fourth-order valence-electron chi connectivity index (χ4n) is 4.94. The molecule has 244 valence electrons. The Balaban J connectivity index is 0.000000356. The molecule has 0 saturated carbocycles. The summed E-state index contributed by atoms with van der Waals surface area (Å²) in [5.41, 5.74) is 1.03. The molecule has 10 nitrogen and oxygen atoms in total. The Morgan fingerprint density at radius 3 is 1.89 bits per heavy atom. The van der Waals surface area contributed by atoms with Crippen LogP contribution in [-0.2, 0) is 6.54 Å². The molecule has 2 aliphatic rings. The SMILES string of the molecule is CCOc1cc(CN2CCC(Nc3ccnc(Cl)n3)CC2)c(Cl)c(OCC)c1.Cl.Cl.Clc1nccc(NC2CCNCC2)n1. The van der Waals surface area contributed by atoms with Gasteiger partial charge in [0.15, 0.2) is 0 Å². The van der Waals surface area contributed by atoms with Crippen LogP contribution in [0.3, 0.4) is 0 Å². The lowest BCUT2D eigenvalue weighted by Crippen LogP contribution is -2.38. The van der Waals surface area contributed by atoms with Gasteiger partial charge in [-0.05, 0) is 99.6 Å². The summed E-state index contributed by atoms with van der Waals surface area (Å²) in [7, 11) is 0. The molecule has 4 heterocycles. The number of likely N-dealkylation sites (tertiary alicyclic amines) is 1. The Morgan fingerprint density at radius 1 is 0.818 bits per heavy atom. The second kappa shape index (κ2) is 20.2. The highest BCUT2D eigenvalue weighted by Gasteiger charge is 2.21. The quantitative estimate of drug-likeness (QED) is 0.195. The zero-order chi connectivity index (χ0) is 29.7. The van der Waals surface area contributed by atoms with Crippen molar-refractivity contribution in [2.75, 3.05) is 50.0 Å². The Kier molecular flexibility index (Phi) is 17.5. The van der Waals surface area contributed by atoms with Crippen molar-refractivity contribution in [1.29, 1.82) is 0 Å². The molecule has 0 aliphatic carbocycles.